The van der Waals surface area contributed by atoms with Gasteiger partial charge in [-0.25, -0.2) is 4.98 Å². The highest BCUT2D eigenvalue weighted by Gasteiger charge is 2.34. The smallest absolute Gasteiger partial charge is 0.229 e. The van der Waals surface area contributed by atoms with E-state index in [4.69, 9.17) is 0 Å². The number of aromatic nitrogens is 1. The number of hydrogen-bond donors (Lipinski definition) is 2. The van der Waals surface area contributed by atoms with Crippen LogP contribution in [-0.4, -0.2) is 16.9 Å². The summed E-state index contributed by atoms with van der Waals surface area (Å²) < 4.78 is 0. The van der Waals surface area contributed by atoms with Gasteiger partial charge in [0.1, 0.15) is 5.82 Å². The SMILES string of the molecule is O=C1Nc2cccnc2NC2CCCCC12. The molecule has 4 heteroatoms. The first-order valence-electron chi connectivity index (χ1n) is 5.87. The van der Waals surface area contributed by atoms with Crippen LogP contribution in [-0.2, 0) is 4.79 Å². The molecule has 4 nitrogen and oxygen atoms in total. The van der Waals surface area contributed by atoms with Crippen LogP contribution in [0.2, 0.25) is 0 Å². The normalized spacial score (nSPS) is 28.1. The highest BCUT2D eigenvalue weighted by atomic mass is 16.2. The average molecular weight is 217 g/mol. The molecule has 1 aromatic heterocycles. The molecule has 2 heterocycles. The van der Waals surface area contributed by atoms with Crippen molar-refractivity contribution in [2.45, 2.75) is 31.7 Å². The van der Waals surface area contributed by atoms with Crippen molar-refractivity contribution >= 4 is 17.4 Å². The second-order valence-electron chi connectivity index (χ2n) is 4.53. The average Bonchev–Trinajstić information content (AvgIpc) is 2.45. The summed E-state index contributed by atoms with van der Waals surface area (Å²) in [5.41, 5.74) is 0.807. The highest BCUT2D eigenvalue weighted by molar-refractivity contribution is 5.97. The maximum absolute atomic E-state index is 12.0. The van der Waals surface area contributed by atoms with E-state index in [0.717, 1.165) is 30.8 Å². The molecule has 1 fully saturated rings. The topological polar surface area (TPSA) is 54.0 Å². The van der Waals surface area contributed by atoms with E-state index in [9.17, 15) is 4.79 Å². The zero-order valence-corrected chi connectivity index (χ0v) is 9.07. The van der Waals surface area contributed by atoms with Crippen LogP contribution in [0, 0.1) is 5.92 Å². The molecule has 0 saturated heterocycles. The fourth-order valence-electron chi connectivity index (χ4n) is 2.64. The lowest BCUT2D eigenvalue weighted by atomic mass is 9.84. The third-order valence-electron chi connectivity index (χ3n) is 3.49. The van der Waals surface area contributed by atoms with E-state index < -0.39 is 0 Å². The zero-order valence-electron chi connectivity index (χ0n) is 9.07. The van der Waals surface area contributed by atoms with Crippen LogP contribution in [0.1, 0.15) is 25.7 Å². The van der Waals surface area contributed by atoms with Crippen molar-refractivity contribution in [3.8, 4) is 0 Å². The van der Waals surface area contributed by atoms with E-state index in [2.05, 4.69) is 15.6 Å². The molecule has 1 aliphatic carbocycles. The standard InChI is InChI=1S/C12H15N3O/c16-12-8-4-1-2-5-9(8)14-11-10(15-12)6-3-7-13-11/h3,6-9H,1-2,4-5H2,(H,13,14)(H,15,16). The number of nitrogens with zero attached hydrogens (tertiary/aromatic N) is 1. The van der Waals surface area contributed by atoms with Crippen molar-refractivity contribution in [2.24, 2.45) is 5.92 Å². The van der Waals surface area contributed by atoms with Gasteiger partial charge < -0.3 is 10.6 Å². The number of pyridine rings is 1. The Balaban J connectivity index is 1.96. The zero-order chi connectivity index (χ0) is 11.0. The summed E-state index contributed by atoms with van der Waals surface area (Å²) in [5.74, 6) is 1.05. The predicted molar refractivity (Wildman–Crippen MR) is 62.2 cm³/mol. The summed E-state index contributed by atoms with van der Waals surface area (Å²) in [6.45, 7) is 0. The third-order valence-corrected chi connectivity index (χ3v) is 3.49. The minimum absolute atomic E-state index is 0.1000. The quantitative estimate of drug-likeness (QED) is 0.699. The number of hydrogen-bond acceptors (Lipinski definition) is 3. The van der Waals surface area contributed by atoms with Gasteiger partial charge in [0.05, 0.1) is 11.6 Å². The summed E-state index contributed by atoms with van der Waals surface area (Å²) in [6.07, 6.45) is 6.15. The number of amides is 1. The van der Waals surface area contributed by atoms with E-state index >= 15 is 0 Å². The second-order valence-corrected chi connectivity index (χ2v) is 4.53. The Bertz CT molecular complexity index is 418. The Hall–Kier alpha value is -1.58. The first-order valence-corrected chi connectivity index (χ1v) is 5.87. The number of rotatable bonds is 0. The van der Waals surface area contributed by atoms with Gasteiger partial charge in [-0.3, -0.25) is 4.79 Å². The lowest BCUT2D eigenvalue weighted by Crippen LogP contribution is -2.37. The molecule has 2 N–H and O–H groups in total. The molecule has 0 spiro atoms. The minimum atomic E-state index is 0.1000. The molecule has 2 atom stereocenters. The monoisotopic (exact) mass is 217 g/mol. The molecule has 0 bridgehead atoms. The number of carbonyl (C=O) groups excluding carboxylic acids is 1. The van der Waals surface area contributed by atoms with Crippen molar-refractivity contribution in [1.29, 1.82) is 0 Å². The van der Waals surface area contributed by atoms with Gasteiger partial charge in [-0.1, -0.05) is 12.8 Å². The first kappa shape index (κ1) is 9.63. The number of anilines is 2. The van der Waals surface area contributed by atoms with Crippen molar-refractivity contribution in [3.63, 3.8) is 0 Å². The molecule has 1 aliphatic heterocycles. The molecule has 3 rings (SSSR count). The Morgan fingerprint density at radius 3 is 3.12 bits per heavy atom. The molecule has 2 aliphatic rings. The van der Waals surface area contributed by atoms with Gasteiger partial charge in [-0.05, 0) is 25.0 Å². The first-order chi connectivity index (χ1) is 7.84. The Labute approximate surface area is 94.5 Å². The van der Waals surface area contributed by atoms with E-state index in [1.807, 2.05) is 12.1 Å². The fraction of sp³-hybridized carbons (Fsp3) is 0.500. The molecule has 16 heavy (non-hydrogen) atoms. The van der Waals surface area contributed by atoms with Crippen LogP contribution in [0.25, 0.3) is 0 Å². The Morgan fingerprint density at radius 1 is 1.31 bits per heavy atom. The Morgan fingerprint density at radius 2 is 2.19 bits per heavy atom. The van der Waals surface area contributed by atoms with Crippen LogP contribution >= 0.6 is 0 Å². The van der Waals surface area contributed by atoms with Gasteiger partial charge in [0.15, 0.2) is 0 Å². The van der Waals surface area contributed by atoms with Gasteiger partial charge in [0.25, 0.3) is 0 Å². The molecule has 1 saturated carbocycles. The summed E-state index contributed by atoms with van der Waals surface area (Å²) in [6, 6.07) is 3.99. The van der Waals surface area contributed by atoms with Crippen molar-refractivity contribution in [3.05, 3.63) is 18.3 Å². The lowest BCUT2D eigenvalue weighted by Gasteiger charge is -2.28. The van der Waals surface area contributed by atoms with Crippen molar-refractivity contribution < 1.29 is 4.79 Å². The summed E-state index contributed by atoms with van der Waals surface area (Å²) in [5, 5.41) is 6.36. The molecular weight excluding hydrogens is 202 g/mol. The molecular formula is C12H15N3O. The molecule has 2 unspecified atom stereocenters. The van der Waals surface area contributed by atoms with Gasteiger partial charge >= 0.3 is 0 Å². The maximum atomic E-state index is 12.0. The van der Waals surface area contributed by atoms with Gasteiger partial charge in [0, 0.05) is 12.2 Å². The molecule has 1 amide bonds. The molecule has 0 radical (unpaired) electrons. The van der Waals surface area contributed by atoms with Crippen LogP contribution in [0.3, 0.4) is 0 Å². The molecule has 84 valence electrons. The molecule has 1 aromatic rings. The van der Waals surface area contributed by atoms with Crippen LogP contribution in [0.5, 0.6) is 0 Å². The van der Waals surface area contributed by atoms with Crippen LogP contribution < -0.4 is 10.6 Å². The lowest BCUT2D eigenvalue weighted by molar-refractivity contribution is -0.120. The van der Waals surface area contributed by atoms with Crippen molar-refractivity contribution in [2.75, 3.05) is 10.6 Å². The largest absolute Gasteiger partial charge is 0.365 e. The summed E-state index contributed by atoms with van der Waals surface area (Å²) in [7, 11) is 0. The van der Waals surface area contributed by atoms with Gasteiger partial charge in [0.2, 0.25) is 5.91 Å². The molecule has 0 aromatic carbocycles. The van der Waals surface area contributed by atoms with E-state index in [-0.39, 0.29) is 17.9 Å². The second kappa shape index (κ2) is 3.77. The van der Waals surface area contributed by atoms with Gasteiger partial charge in [-0.2, -0.15) is 0 Å². The third kappa shape index (κ3) is 1.54. The predicted octanol–water partition coefficient (Wildman–Crippen LogP) is 2.00. The highest BCUT2D eigenvalue weighted by Crippen LogP contribution is 2.33. The summed E-state index contributed by atoms with van der Waals surface area (Å²) in [4.78, 5) is 16.3. The van der Waals surface area contributed by atoms with Crippen molar-refractivity contribution in [1.82, 2.24) is 4.98 Å². The number of nitrogens with one attached hydrogen (secondary N) is 2. The summed E-state index contributed by atoms with van der Waals surface area (Å²) >= 11 is 0. The fourth-order valence-corrected chi connectivity index (χ4v) is 2.64. The maximum Gasteiger partial charge on any atom is 0.229 e. The minimum Gasteiger partial charge on any atom is -0.365 e. The Kier molecular flexibility index (Phi) is 2.27. The van der Waals surface area contributed by atoms with Gasteiger partial charge in [-0.15, -0.1) is 0 Å². The van der Waals surface area contributed by atoms with E-state index in [0.29, 0.717) is 0 Å². The van der Waals surface area contributed by atoms with Crippen LogP contribution in [0.4, 0.5) is 11.5 Å². The number of carbonyl (C=O) groups is 1. The van der Waals surface area contributed by atoms with Crippen LogP contribution in [0.15, 0.2) is 18.3 Å². The van der Waals surface area contributed by atoms with E-state index in [1.54, 1.807) is 6.20 Å². The number of fused-ring (bicyclic) bond motifs is 2. The van der Waals surface area contributed by atoms with E-state index in [1.165, 1.54) is 6.42 Å².